The molecule has 1 amide bonds. The van der Waals surface area contributed by atoms with Gasteiger partial charge in [0.05, 0.1) is 5.39 Å². The van der Waals surface area contributed by atoms with Crippen molar-refractivity contribution >= 4 is 34.3 Å². The molecule has 160 valence electrons. The molecule has 31 heavy (non-hydrogen) atoms. The molecule has 0 fully saturated rings. The van der Waals surface area contributed by atoms with Gasteiger partial charge in [-0.3, -0.25) is 4.79 Å². The van der Waals surface area contributed by atoms with Crippen molar-refractivity contribution < 1.29 is 26.9 Å². The van der Waals surface area contributed by atoms with E-state index in [1.165, 1.54) is 0 Å². The summed E-state index contributed by atoms with van der Waals surface area (Å²) in [5, 5.41) is 7.35. The second kappa shape index (κ2) is 9.86. The predicted octanol–water partition coefficient (Wildman–Crippen LogP) is 4.97. The number of rotatable bonds is 5. The first-order chi connectivity index (χ1) is 14.9. The van der Waals surface area contributed by atoms with Crippen molar-refractivity contribution in [3.8, 4) is 11.5 Å². The molecule has 4 rings (SSSR count). The lowest BCUT2D eigenvalue weighted by Crippen LogP contribution is -2.12. The van der Waals surface area contributed by atoms with E-state index in [4.69, 9.17) is 22.1 Å². The van der Waals surface area contributed by atoms with E-state index in [1.807, 2.05) is 44.2 Å². The fraction of sp³-hybridized carbons (Fsp3) is 0.182. The molecule has 0 bridgehead atoms. The Balaban J connectivity index is 0.000000858. The third kappa shape index (κ3) is 5.46. The average Bonchev–Trinajstić information content (AvgIpc) is 3.36. The summed E-state index contributed by atoms with van der Waals surface area (Å²) in [6.07, 6.45) is 0.748. The van der Waals surface area contributed by atoms with E-state index < -0.39 is 11.6 Å². The Labute approximate surface area is 181 Å². The molecule has 0 aliphatic rings. The largest absolute Gasteiger partial charge is 0.461 e. The van der Waals surface area contributed by atoms with Crippen LogP contribution in [0, 0.1) is 13.8 Å². The number of hydrogen-bond donors (Lipinski definition) is 1. The third-order valence-corrected chi connectivity index (χ3v) is 4.38. The highest BCUT2D eigenvalue weighted by molar-refractivity contribution is 7.51. The van der Waals surface area contributed by atoms with Crippen LogP contribution in [0.4, 0.5) is 5.82 Å². The van der Waals surface area contributed by atoms with E-state index in [9.17, 15) is 4.79 Å². The molecular weight excluding hydrogens is 420 g/mol. The number of fused-ring (bicyclic) bond motifs is 1. The third-order valence-electron chi connectivity index (χ3n) is 4.38. The van der Waals surface area contributed by atoms with Crippen LogP contribution in [-0.4, -0.2) is 19.5 Å². The Kier molecular flexibility index (Phi) is 6.99. The topological polar surface area (TPSA) is 112 Å². The zero-order chi connectivity index (χ0) is 22.4. The minimum atomic E-state index is -0.750. The van der Waals surface area contributed by atoms with Gasteiger partial charge in [0.2, 0.25) is 0 Å². The summed E-state index contributed by atoms with van der Waals surface area (Å²) in [5.41, 5.74) is 2.15. The molecule has 0 radical (unpaired) electrons. The maximum atomic E-state index is 12.7. The first kappa shape index (κ1) is 22.0. The number of aryl methyl sites for hydroxylation is 3. The quantitative estimate of drug-likeness (QED) is 0.466. The van der Waals surface area contributed by atoms with Crippen LogP contribution in [0.25, 0.3) is 11.0 Å². The van der Waals surface area contributed by atoms with Crippen molar-refractivity contribution in [3.63, 3.8) is 0 Å². The molecule has 0 aliphatic heterocycles. The summed E-state index contributed by atoms with van der Waals surface area (Å²) in [5.74, 6) is 2.74. The van der Waals surface area contributed by atoms with Gasteiger partial charge in [0.25, 0.3) is 5.91 Å². The summed E-state index contributed by atoms with van der Waals surface area (Å²) in [4.78, 5) is 12.7. The number of furan rings is 1. The van der Waals surface area contributed by atoms with Crippen LogP contribution in [0.15, 0.2) is 57.5 Å². The van der Waals surface area contributed by atoms with Gasteiger partial charge in [-0.05, 0) is 44.2 Å². The van der Waals surface area contributed by atoms with Crippen LogP contribution < -0.4 is 10.1 Å². The molecule has 2 aromatic carbocycles. The Hall–Kier alpha value is -3.72. The van der Waals surface area contributed by atoms with E-state index >= 15 is 0 Å². The minimum Gasteiger partial charge on any atom is -0.461 e. The van der Waals surface area contributed by atoms with Crippen molar-refractivity contribution in [2.24, 2.45) is 0 Å². The van der Waals surface area contributed by atoms with Crippen molar-refractivity contribution in [2.75, 3.05) is 5.32 Å². The molecule has 4 aromatic rings. The number of amides is 1. The van der Waals surface area contributed by atoms with Gasteiger partial charge in [0.15, 0.2) is 5.82 Å². The molecule has 0 atom stereocenters. The van der Waals surface area contributed by atoms with E-state index in [-0.39, 0.29) is 5.91 Å². The number of nitrogens with one attached hydrogen (secondary N) is 1. The molecule has 0 saturated carbocycles. The molecule has 2 aromatic heterocycles. The number of carbonyl (C=O) groups excluding carboxylic acids is 1. The van der Waals surface area contributed by atoms with E-state index in [0.29, 0.717) is 34.2 Å². The number of aromatic nitrogens is 1. The highest BCUT2D eigenvalue weighted by atomic mass is 32.1. The van der Waals surface area contributed by atoms with Crippen molar-refractivity contribution in [3.05, 3.63) is 71.2 Å². The fourth-order valence-corrected chi connectivity index (χ4v) is 2.90. The SMILES string of the molecule is CCc1cc2c(Oc3ccc(C)cc3)cc(C(=O)Nc3cc(C)on3)cc2o1.O=S=O. The Morgan fingerprint density at radius 2 is 1.81 bits per heavy atom. The summed E-state index contributed by atoms with van der Waals surface area (Å²) in [6.45, 7) is 5.79. The van der Waals surface area contributed by atoms with Gasteiger partial charge in [-0.2, -0.15) is 8.42 Å². The Morgan fingerprint density at radius 1 is 1.10 bits per heavy atom. The van der Waals surface area contributed by atoms with Crippen molar-refractivity contribution in [1.82, 2.24) is 5.16 Å². The summed E-state index contributed by atoms with van der Waals surface area (Å²) in [7, 11) is 0. The van der Waals surface area contributed by atoms with Gasteiger partial charge in [-0.1, -0.05) is 29.8 Å². The molecule has 0 spiro atoms. The molecule has 1 N–H and O–H groups in total. The zero-order valence-electron chi connectivity index (χ0n) is 17.1. The fourth-order valence-electron chi connectivity index (χ4n) is 2.90. The molecule has 8 nitrogen and oxygen atoms in total. The average molecular weight is 440 g/mol. The van der Waals surface area contributed by atoms with Crippen LogP contribution in [-0.2, 0) is 18.0 Å². The van der Waals surface area contributed by atoms with Crippen LogP contribution in [0.2, 0.25) is 0 Å². The smallest absolute Gasteiger partial charge is 0.335 e. The van der Waals surface area contributed by atoms with Gasteiger partial charge >= 0.3 is 11.6 Å². The van der Waals surface area contributed by atoms with Gasteiger partial charge < -0.3 is 19.0 Å². The maximum Gasteiger partial charge on any atom is 0.335 e. The standard InChI is InChI=1S/C22H20N2O4.O2S/c1-4-16-12-18-19(26-16)10-15(22(25)23-21-9-14(3)28-24-21)11-20(18)27-17-7-5-13(2)6-8-17;1-3-2/h5-12H,4H2,1-3H3,(H,23,24,25);. The highest BCUT2D eigenvalue weighted by Crippen LogP contribution is 2.34. The second-order valence-electron chi connectivity index (χ2n) is 6.71. The lowest BCUT2D eigenvalue weighted by Gasteiger charge is -2.09. The van der Waals surface area contributed by atoms with Crippen LogP contribution >= 0.6 is 0 Å². The maximum absolute atomic E-state index is 12.7. The van der Waals surface area contributed by atoms with Gasteiger partial charge in [0.1, 0.15) is 28.6 Å². The monoisotopic (exact) mass is 440 g/mol. The molecule has 0 unspecified atom stereocenters. The first-order valence-corrected chi connectivity index (χ1v) is 10.1. The van der Waals surface area contributed by atoms with Crippen LogP contribution in [0.1, 0.15) is 34.4 Å². The van der Waals surface area contributed by atoms with E-state index in [0.717, 1.165) is 23.1 Å². The normalized spacial score (nSPS) is 10.3. The van der Waals surface area contributed by atoms with E-state index in [2.05, 4.69) is 10.5 Å². The molecule has 0 saturated heterocycles. The van der Waals surface area contributed by atoms with Gasteiger partial charge in [-0.15, -0.1) is 0 Å². The molecular formula is C22H20N2O6S. The lowest BCUT2D eigenvalue weighted by atomic mass is 10.1. The first-order valence-electron chi connectivity index (χ1n) is 9.41. The summed E-state index contributed by atoms with van der Waals surface area (Å²) < 4.78 is 33.5. The summed E-state index contributed by atoms with van der Waals surface area (Å²) >= 11 is -0.750. The zero-order valence-corrected chi connectivity index (χ0v) is 17.9. The lowest BCUT2D eigenvalue weighted by molar-refractivity contribution is 0.102. The number of hydrogen-bond acceptors (Lipinski definition) is 7. The minimum absolute atomic E-state index is 0.321. The number of benzene rings is 2. The number of ether oxygens (including phenoxy) is 1. The highest BCUT2D eigenvalue weighted by Gasteiger charge is 2.16. The van der Waals surface area contributed by atoms with Crippen molar-refractivity contribution in [1.29, 1.82) is 0 Å². The number of carbonyl (C=O) groups is 1. The number of anilines is 1. The van der Waals surface area contributed by atoms with Crippen LogP contribution in [0.3, 0.4) is 0 Å². The van der Waals surface area contributed by atoms with Gasteiger partial charge in [-0.25, -0.2) is 0 Å². The van der Waals surface area contributed by atoms with Crippen molar-refractivity contribution in [2.45, 2.75) is 27.2 Å². The Morgan fingerprint density at radius 3 is 2.42 bits per heavy atom. The van der Waals surface area contributed by atoms with E-state index in [1.54, 1.807) is 25.1 Å². The predicted molar refractivity (Wildman–Crippen MR) is 115 cm³/mol. The molecule has 2 heterocycles. The molecule has 0 aliphatic carbocycles. The summed E-state index contributed by atoms with van der Waals surface area (Å²) in [6, 6.07) is 14.8. The Bertz CT molecular complexity index is 1240. The van der Waals surface area contributed by atoms with Crippen LogP contribution in [0.5, 0.6) is 11.5 Å². The second-order valence-corrected chi connectivity index (χ2v) is 6.85. The molecule has 9 heteroatoms. The number of nitrogens with zero attached hydrogens (tertiary/aromatic N) is 1. The van der Waals surface area contributed by atoms with Gasteiger partial charge in [0, 0.05) is 18.1 Å².